The van der Waals surface area contributed by atoms with E-state index in [1.807, 2.05) is 13.8 Å². The van der Waals surface area contributed by atoms with Crippen LogP contribution in [-0.2, 0) is 16.0 Å². The number of aryl methyl sites for hydroxylation is 1. The lowest BCUT2D eigenvalue weighted by atomic mass is 10.0. The van der Waals surface area contributed by atoms with Gasteiger partial charge in [0.1, 0.15) is 16.7 Å². The van der Waals surface area contributed by atoms with E-state index in [1.54, 1.807) is 0 Å². The molecule has 0 saturated carbocycles. The highest BCUT2D eigenvalue weighted by atomic mass is 32.1. The number of carbonyl (C=O) groups is 2. The molecule has 0 aliphatic heterocycles. The van der Waals surface area contributed by atoms with E-state index in [4.69, 9.17) is 0 Å². The lowest BCUT2D eigenvalue weighted by Crippen LogP contribution is -2.32. The average molecular weight is 350 g/mol. The Morgan fingerprint density at radius 1 is 1.29 bits per heavy atom. The summed E-state index contributed by atoms with van der Waals surface area (Å²) in [6.45, 7) is 5.13. The summed E-state index contributed by atoms with van der Waals surface area (Å²) in [5.74, 6) is -2.52. The zero-order valence-electron chi connectivity index (χ0n) is 13.6. The Kier molecular flexibility index (Phi) is 3.95. The fraction of sp³-hybridized carbons (Fsp3) is 0.500. The maximum Gasteiger partial charge on any atom is 0.326 e. The lowest BCUT2D eigenvalue weighted by molar-refractivity contribution is -0.141. The second kappa shape index (κ2) is 5.70. The van der Waals surface area contributed by atoms with Gasteiger partial charge in [-0.2, -0.15) is 0 Å². The van der Waals surface area contributed by atoms with Gasteiger partial charge in [0.05, 0.1) is 11.3 Å². The van der Waals surface area contributed by atoms with Gasteiger partial charge < -0.3 is 10.2 Å². The lowest BCUT2D eigenvalue weighted by Gasteiger charge is -2.18. The highest BCUT2D eigenvalue weighted by Crippen LogP contribution is 2.42. The number of hydrogen-bond acceptors (Lipinski definition) is 5. The maximum atomic E-state index is 13.1. The number of rotatable bonds is 4. The summed E-state index contributed by atoms with van der Waals surface area (Å²) >= 11 is 1.35. The number of thiophene rings is 1. The van der Waals surface area contributed by atoms with Gasteiger partial charge in [0.25, 0.3) is 5.56 Å². The summed E-state index contributed by atoms with van der Waals surface area (Å²) in [6, 6.07) is -1.06. The summed E-state index contributed by atoms with van der Waals surface area (Å²) in [6.07, 6.45) is 1.07. The minimum Gasteiger partial charge on any atom is -0.481 e. The summed E-state index contributed by atoms with van der Waals surface area (Å²) in [5, 5.41) is 19.0. The van der Waals surface area contributed by atoms with Crippen molar-refractivity contribution in [1.82, 2.24) is 9.55 Å². The fourth-order valence-electron chi connectivity index (χ4n) is 3.26. The summed E-state index contributed by atoms with van der Waals surface area (Å²) in [4.78, 5) is 41.9. The number of carboxylic acid groups (broad SMARTS) is 2. The molecule has 2 N–H and O–H groups in total. The van der Waals surface area contributed by atoms with Crippen LogP contribution in [0.3, 0.4) is 0 Å². The third-order valence-corrected chi connectivity index (χ3v) is 5.63. The standard InChI is InChI=1S/C16H18N2O5S/c1-6(2)12-17-13-11(14(19)18(12)7(3)15(20)21)10-8(16(22)23)4-5-9(10)24-13/h6-8H,4-5H2,1-3H3,(H,20,21)(H,22,23). The molecule has 1 aliphatic carbocycles. The molecule has 7 nitrogen and oxygen atoms in total. The van der Waals surface area contributed by atoms with Crippen molar-refractivity contribution in [3.05, 3.63) is 26.6 Å². The molecule has 0 aromatic carbocycles. The van der Waals surface area contributed by atoms with Crippen LogP contribution in [0.4, 0.5) is 0 Å². The monoisotopic (exact) mass is 350 g/mol. The molecular weight excluding hydrogens is 332 g/mol. The van der Waals surface area contributed by atoms with Crippen LogP contribution in [0.5, 0.6) is 0 Å². The van der Waals surface area contributed by atoms with E-state index >= 15 is 0 Å². The Morgan fingerprint density at radius 3 is 2.50 bits per heavy atom. The molecule has 0 radical (unpaired) electrons. The Hall–Kier alpha value is -2.22. The summed E-state index contributed by atoms with van der Waals surface area (Å²) < 4.78 is 1.19. The Balaban J connectivity index is 2.39. The van der Waals surface area contributed by atoms with Gasteiger partial charge in [0, 0.05) is 10.8 Å². The van der Waals surface area contributed by atoms with Gasteiger partial charge in [-0.05, 0) is 25.3 Å². The van der Waals surface area contributed by atoms with Crippen molar-refractivity contribution in [3.8, 4) is 0 Å². The number of fused-ring (bicyclic) bond motifs is 3. The highest BCUT2D eigenvalue weighted by Gasteiger charge is 2.35. The second-order valence-electron chi connectivity index (χ2n) is 6.36. The largest absolute Gasteiger partial charge is 0.481 e. The van der Waals surface area contributed by atoms with E-state index < -0.39 is 29.5 Å². The second-order valence-corrected chi connectivity index (χ2v) is 7.45. The molecule has 1 aliphatic rings. The van der Waals surface area contributed by atoms with Crippen molar-refractivity contribution < 1.29 is 19.8 Å². The smallest absolute Gasteiger partial charge is 0.326 e. The molecule has 0 saturated heterocycles. The first kappa shape index (κ1) is 16.6. The van der Waals surface area contributed by atoms with Crippen molar-refractivity contribution >= 4 is 33.5 Å². The van der Waals surface area contributed by atoms with Gasteiger partial charge >= 0.3 is 11.9 Å². The number of hydrogen-bond donors (Lipinski definition) is 2. The van der Waals surface area contributed by atoms with Crippen LogP contribution in [0.2, 0.25) is 0 Å². The third-order valence-electron chi connectivity index (χ3n) is 4.47. The zero-order chi connectivity index (χ0) is 17.8. The maximum absolute atomic E-state index is 13.1. The van der Waals surface area contributed by atoms with E-state index in [1.165, 1.54) is 22.8 Å². The van der Waals surface area contributed by atoms with E-state index in [9.17, 15) is 24.6 Å². The molecule has 2 unspecified atom stereocenters. The Morgan fingerprint density at radius 2 is 1.96 bits per heavy atom. The topological polar surface area (TPSA) is 109 Å². The van der Waals surface area contributed by atoms with E-state index in [0.29, 0.717) is 29.1 Å². The molecule has 128 valence electrons. The van der Waals surface area contributed by atoms with Crippen LogP contribution in [0.15, 0.2) is 4.79 Å². The molecule has 0 spiro atoms. The van der Waals surface area contributed by atoms with Crippen LogP contribution in [-0.4, -0.2) is 31.7 Å². The predicted molar refractivity (Wildman–Crippen MR) is 89.0 cm³/mol. The molecule has 0 fully saturated rings. The van der Waals surface area contributed by atoms with Crippen molar-refractivity contribution in [2.24, 2.45) is 0 Å². The fourth-order valence-corrected chi connectivity index (χ4v) is 4.50. The molecule has 24 heavy (non-hydrogen) atoms. The molecule has 0 bridgehead atoms. The average Bonchev–Trinajstić information content (AvgIpc) is 3.03. The van der Waals surface area contributed by atoms with Crippen molar-refractivity contribution in [3.63, 3.8) is 0 Å². The molecular formula is C16H18N2O5S. The normalized spacial score (nSPS) is 18.1. The van der Waals surface area contributed by atoms with Crippen LogP contribution in [0.25, 0.3) is 10.2 Å². The summed E-state index contributed by atoms with van der Waals surface area (Å²) in [5.41, 5.74) is 0.0749. The van der Waals surface area contributed by atoms with Crippen molar-refractivity contribution in [2.45, 2.75) is 51.5 Å². The quantitative estimate of drug-likeness (QED) is 0.876. The van der Waals surface area contributed by atoms with Gasteiger partial charge in [0.2, 0.25) is 0 Å². The zero-order valence-corrected chi connectivity index (χ0v) is 14.4. The van der Waals surface area contributed by atoms with Crippen molar-refractivity contribution in [1.29, 1.82) is 0 Å². The first-order valence-corrected chi connectivity index (χ1v) is 8.59. The number of nitrogens with zero attached hydrogens (tertiary/aromatic N) is 2. The third kappa shape index (κ3) is 2.32. The molecule has 8 heteroatoms. The molecule has 2 aromatic heterocycles. The van der Waals surface area contributed by atoms with E-state index in [0.717, 1.165) is 4.88 Å². The molecule has 2 atom stereocenters. The first-order valence-electron chi connectivity index (χ1n) is 7.77. The first-order chi connectivity index (χ1) is 11.2. The predicted octanol–water partition coefficient (Wildman–Crippen LogP) is 2.34. The highest BCUT2D eigenvalue weighted by molar-refractivity contribution is 7.18. The molecule has 2 heterocycles. The van der Waals surface area contributed by atoms with Crippen LogP contribution >= 0.6 is 11.3 Å². The number of aliphatic carboxylic acids is 2. The number of aromatic nitrogens is 2. The molecule has 2 aromatic rings. The van der Waals surface area contributed by atoms with Gasteiger partial charge in [-0.25, -0.2) is 9.78 Å². The SMILES string of the molecule is CC(C)c1nc2sc3c(c2c(=O)n1C(C)C(=O)O)C(C(=O)O)CC3. The van der Waals surface area contributed by atoms with E-state index in [-0.39, 0.29) is 11.3 Å². The van der Waals surface area contributed by atoms with Crippen LogP contribution in [0.1, 0.15) is 61.3 Å². The molecule has 3 rings (SSSR count). The van der Waals surface area contributed by atoms with Gasteiger partial charge in [0.15, 0.2) is 0 Å². The van der Waals surface area contributed by atoms with Crippen LogP contribution < -0.4 is 5.56 Å². The van der Waals surface area contributed by atoms with Gasteiger partial charge in [-0.3, -0.25) is 14.2 Å². The minimum atomic E-state index is -1.12. The van der Waals surface area contributed by atoms with E-state index in [2.05, 4.69) is 4.98 Å². The van der Waals surface area contributed by atoms with Gasteiger partial charge in [-0.1, -0.05) is 13.8 Å². The summed E-state index contributed by atoms with van der Waals surface area (Å²) in [7, 11) is 0. The Labute approximate surface area is 141 Å². The molecule has 0 amide bonds. The van der Waals surface area contributed by atoms with Crippen LogP contribution in [0, 0.1) is 0 Å². The van der Waals surface area contributed by atoms with Crippen molar-refractivity contribution in [2.75, 3.05) is 0 Å². The Bertz CT molecular complexity index is 911. The van der Waals surface area contributed by atoms with Gasteiger partial charge in [-0.15, -0.1) is 11.3 Å². The minimum absolute atomic E-state index is 0.129. The number of carboxylic acids is 2.